The second-order valence-electron chi connectivity index (χ2n) is 5.06. The largest absolute Gasteiger partial charge is 0.380 e. The molecule has 2 aromatic rings. The molecule has 0 aliphatic heterocycles. The first-order valence-electron chi connectivity index (χ1n) is 7.08. The zero-order valence-corrected chi connectivity index (χ0v) is 13.7. The Labute approximate surface area is 136 Å². The molecule has 0 aromatic heterocycles. The maximum Gasteiger partial charge on any atom is 0.0991 e. The lowest BCUT2D eigenvalue weighted by Gasteiger charge is -2.07. The molecule has 22 heavy (non-hydrogen) atoms. The van der Waals surface area contributed by atoms with Crippen LogP contribution in [0.15, 0.2) is 53.9 Å². The first kappa shape index (κ1) is 16.4. The van der Waals surface area contributed by atoms with E-state index in [9.17, 15) is 0 Å². The van der Waals surface area contributed by atoms with E-state index in [2.05, 4.69) is 42.7 Å². The monoisotopic (exact) mass is 309 g/mol. The highest BCUT2D eigenvalue weighted by atomic mass is 32.2. The summed E-state index contributed by atoms with van der Waals surface area (Å²) in [7, 11) is 1.72. The van der Waals surface area contributed by atoms with Gasteiger partial charge >= 0.3 is 0 Å². The normalized spacial score (nSPS) is 11.2. The first-order chi connectivity index (χ1) is 10.7. The molecule has 0 unspecified atom stereocenters. The molecular weight excluding hydrogens is 290 g/mol. The van der Waals surface area contributed by atoms with Gasteiger partial charge < -0.3 is 4.74 Å². The summed E-state index contributed by atoms with van der Waals surface area (Å²) in [5.41, 5.74) is 5.54. The van der Waals surface area contributed by atoms with Gasteiger partial charge in [0.2, 0.25) is 0 Å². The quantitative estimate of drug-likeness (QED) is 0.769. The minimum Gasteiger partial charge on any atom is -0.380 e. The lowest BCUT2D eigenvalue weighted by atomic mass is 10.1. The van der Waals surface area contributed by atoms with Crippen LogP contribution in [0.1, 0.15) is 22.3 Å². The second kappa shape index (κ2) is 8.43. The highest BCUT2D eigenvalue weighted by Crippen LogP contribution is 2.22. The minimum absolute atomic E-state index is 0.601. The van der Waals surface area contributed by atoms with Crippen LogP contribution < -0.4 is 0 Å². The van der Waals surface area contributed by atoms with E-state index < -0.39 is 0 Å². The summed E-state index contributed by atoms with van der Waals surface area (Å²) in [5.74, 6) is 0.880. The highest BCUT2D eigenvalue weighted by molar-refractivity contribution is 8.01. The van der Waals surface area contributed by atoms with Gasteiger partial charge in [-0.2, -0.15) is 5.26 Å². The van der Waals surface area contributed by atoms with E-state index in [4.69, 9.17) is 10.00 Å². The average Bonchev–Trinajstić information content (AvgIpc) is 2.55. The van der Waals surface area contributed by atoms with Crippen LogP contribution in [-0.2, 0) is 10.5 Å². The number of nitriles is 1. The Hall–Kier alpha value is -2.02. The molecule has 0 atom stereocenters. The molecule has 112 valence electrons. The lowest BCUT2D eigenvalue weighted by Crippen LogP contribution is -1.94. The third-order valence-electron chi connectivity index (χ3n) is 3.28. The summed E-state index contributed by atoms with van der Waals surface area (Å²) in [6, 6.07) is 18.3. The molecule has 0 heterocycles. The molecule has 0 N–H and O–H groups in total. The van der Waals surface area contributed by atoms with Crippen molar-refractivity contribution in [3.63, 3.8) is 0 Å². The van der Waals surface area contributed by atoms with E-state index in [1.165, 1.54) is 22.3 Å². The van der Waals surface area contributed by atoms with Gasteiger partial charge in [0.15, 0.2) is 0 Å². The van der Waals surface area contributed by atoms with Crippen molar-refractivity contribution >= 4 is 17.3 Å². The molecule has 0 saturated heterocycles. The van der Waals surface area contributed by atoms with Crippen molar-refractivity contribution < 1.29 is 4.74 Å². The molecule has 2 aromatic carbocycles. The smallest absolute Gasteiger partial charge is 0.0991 e. The fourth-order valence-electron chi connectivity index (χ4n) is 2.02. The number of nitrogens with zero attached hydrogens (tertiary/aromatic N) is 1. The predicted molar refractivity (Wildman–Crippen MR) is 93.5 cm³/mol. The van der Waals surface area contributed by atoms with Crippen molar-refractivity contribution in [3.05, 3.63) is 76.2 Å². The summed E-state index contributed by atoms with van der Waals surface area (Å²) in [6.07, 6.45) is 0. The first-order valence-corrected chi connectivity index (χ1v) is 8.13. The number of hydrogen-bond donors (Lipinski definition) is 0. The van der Waals surface area contributed by atoms with Gasteiger partial charge in [0.25, 0.3) is 0 Å². The van der Waals surface area contributed by atoms with Gasteiger partial charge in [-0.05, 0) is 41.2 Å². The summed E-state index contributed by atoms with van der Waals surface area (Å²) >= 11 is 1.74. The lowest BCUT2D eigenvalue weighted by molar-refractivity contribution is 0.240. The Balaban J connectivity index is 2.03. The zero-order chi connectivity index (χ0) is 15.8. The van der Waals surface area contributed by atoms with Crippen LogP contribution in [0.5, 0.6) is 0 Å². The Morgan fingerprint density at radius 3 is 2.41 bits per heavy atom. The Bertz CT molecular complexity index is 666. The van der Waals surface area contributed by atoms with Crippen LogP contribution in [0, 0.1) is 18.3 Å². The Morgan fingerprint density at radius 2 is 1.82 bits per heavy atom. The summed E-state index contributed by atoms with van der Waals surface area (Å²) in [6.45, 7) is 2.69. The molecule has 3 heteroatoms. The number of methoxy groups -OCH3 is 1. The number of ether oxygens (including phenoxy) is 1. The molecule has 0 amide bonds. The van der Waals surface area contributed by atoms with E-state index in [-0.39, 0.29) is 0 Å². The van der Waals surface area contributed by atoms with Crippen molar-refractivity contribution in [2.24, 2.45) is 0 Å². The van der Waals surface area contributed by atoms with E-state index in [1.54, 1.807) is 18.9 Å². The van der Waals surface area contributed by atoms with Gasteiger partial charge in [0.1, 0.15) is 0 Å². The molecule has 0 bridgehead atoms. The molecule has 0 saturated carbocycles. The third kappa shape index (κ3) is 4.77. The Morgan fingerprint density at radius 1 is 1.14 bits per heavy atom. The van der Waals surface area contributed by atoms with Crippen molar-refractivity contribution in [3.8, 4) is 6.07 Å². The van der Waals surface area contributed by atoms with Crippen LogP contribution in [0.25, 0.3) is 5.57 Å². The molecule has 0 spiro atoms. The fraction of sp³-hybridized carbons (Fsp3) is 0.211. The number of thioether (sulfide) groups is 1. The molecule has 0 radical (unpaired) electrons. The fourth-order valence-corrected chi connectivity index (χ4v) is 2.90. The van der Waals surface area contributed by atoms with Gasteiger partial charge in [-0.3, -0.25) is 0 Å². The van der Waals surface area contributed by atoms with Crippen LogP contribution in [0.4, 0.5) is 0 Å². The standard InChI is InChI=1S/C19H19NOS/c1-15-3-9-18(10-4-15)19(12-21-2)14-22-13-17-7-5-16(11-20)6-8-17/h3-10,14H,12-13H2,1-2H3/b19-14+. The maximum absolute atomic E-state index is 8.80. The molecule has 0 aliphatic carbocycles. The topological polar surface area (TPSA) is 33.0 Å². The van der Waals surface area contributed by atoms with Crippen LogP contribution in [0.2, 0.25) is 0 Å². The molecular formula is C19H19NOS. The molecule has 0 aliphatic rings. The minimum atomic E-state index is 0.601. The van der Waals surface area contributed by atoms with Crippen molar-refractivity contribution in [1.29, 1.82) is 5.26 Å². The van der Waals surface area contributed by atoms with Crippen LogP contribution in [0.3, 0.4) is 0 Å². The number of benzene rings is 2. The van der Waals surface area contributed by atoms with Gasteiger partial charge in [-0.1, -0.05) is 42.0 Å². The highest BCUT2D eigenvalue weighted by Gasteiger charge is 2.02. The van der Waals surface area contributed by atoms with Crippen LogP contribution >= 0.6 is 11.8 Å². The second-order valence-corrected chi connectivity index (χ2v) is 5.92. The van der Waals surface area contributed by atoms with Crippen molar-refractivity contribution in [2.45, 2.75) is 12.7 Å². The van der Waals surface area contributed by atoms with Gasteiger partial charge in [0.05, 0.1) is 18.2 Å². The van der Waals surface area contributed by atoms with Gasteiger partial charge in [-0.15, -0.1) is 11.8 Å². The van der Waals surface area contributed by atoms with E-state index in [0.717, 1.165) is 5.75 Å². The molecule has 2 nitrogen and oxygen atoms in total. The number of aryl methyl sites for hydroxylation is 1. The summed E-state index contributed by atoms with van der Waals surface area (Å²) < 4.78 is 5.30. The molecule has 0 fully saturated rings. The molecule has 2 rings (SSSR count). The average molecular weight is 309 g/mol. The van der Waals surface area contributed by atoms with Gasteiger partial charge in [-0.25, -0.2) is 0 Å². The van der Waals surface area contributed by atoms with Crippen molar-refractivity contribution in [2.75, 3.05) is 13.7 Å². The SMILES string of the molecule is COC/C(=C\SCc1ccc(C#N)cc1)c1ccc(C)cc1. The van der Waals surface area contributed by atoms with E-state index in [1.807, 2.05) is 24.3 Å². The number of hydrogen-bond acceptors (Lipinski definition) is 3. The summed E-state index contributed by atoms with van der Waals surface area (Å²) in [4.78, 5) is 0. The predicted octanol–water partition coefficient (Wildman–Crippen LogP) is 4.79. The number of rotatable bonds is 6. The summed E-state index contributed by atoms with van der Waals surface area (Å²) in [5, 5.41) is 11.0. The van der Waals surface area contributed by atoms with E-state index in [0.29, 0.717) is 12.2 Å². The van der Waals surface area contributed by atoms with E-state index >= 15 is 0 Å². The van der Waals surface area contributed by atoms with Gasteiger partial charge in [0, 0.05) is 12.9 Å². The van der Waals surface area contributed by atoms with Crippen molar-refractivity contribution in [1.82, 2.24) is 0 Å². The maximum atomic E-state index is 8.80. The Kier molecular flexibility index (Phi) is 6.27. The van der Waals surface area contributed by atoms with Crippen LogP contribution in [-0.4, -0.2) is 13.7 Å². The third-order valence-corrected chi connectivity index (χ3v) is 4.23. The zero-order valence-electron chi connectivity index (χ0n) is 12.9.